The third-order valence-corrected chi connectivity index (χ3v) is 5.39. The van der Waals surface area contributed by atoms with E-state index in [2.05, 4.69) is 0 Å². The predicted octanol–water partition coefficient (Wildman–Crippen LogP) is 4.30. The van der Waals surface area contributed by atoms with Crippen LogP contribution in [-0.2, 0) is 9.54 Å². The standard InChI is InChI=1S/C17H14F2OS/c18-14-7-3-12(4-8-14)17(16(20)2-1-11-21-17)13-5-9-15(19)10-6-13/h3-10H,1-2,11H2. The van der Waals surface area contributed by atoms with Crippen LogP contribution in [0.15, 0.2) is 48.5 Å². The van der Waals surface area contributed by atoms with E-state index in [9.17, 15) is 13.6 Å². The lowest BCUT2D eigenvalue weighted by Gasteiger charge is -2.36. The maximum atomic E-state index is 13.2. The Morgan fingerprint density at radius 3 is 1.76 bits per heavy atom. The number of thioether (sulfide) groups is 1. The SMILES string of the molecule is O=C1CCCSC1(c1ccc(F)cc1)c1ccc(F)cc1. The largest absolute Gasteiger partial charge is 0.297 e. The van der Waals surface area contributed by atoms with Crippen LogP contribution in [0.5, 0.6) is 0 Å². The minimum atomic E-state index is -0.848. The molecule has 4 heteroatoms. The zero-order chi connectivity index (χ0) is 14.9. The second kappa shape index (κ2) is 5.60. The number of rotatable bonds is 2. The first-order chi connectivity index (χ1) is 10.1. The van der Waals surface area contributed by atoms with Crippen LogP contribution in [0.1, 0.15) is 24.0 Å². The highest BCUT2D eigenvalue weighted by Crippen LogP contribution is 2.47. The van der Waals surface area contributed by atoms with Gasteiger partial charge in [-0.15, -0.1) is 11.8 Å². The summed E-state index contributed by atoms with van der Waals surface area (Å²) in [5, 5.41) is 0. The second-order valence-corrected chi connectivity index (χ2v) is 6.38. The number of benzene rings is 2. The summed E-state index contributed by atoms with van der Waals surface area (Å²) < 4.78 is 25.5. The van der Waals surface area contributed by atoms with Crippen molar-refractivity contribution in [1.82, 2.24) is 0 Å². The monoisotopic (exact) mass is 304 g/mol. The summed E-state index contributed by atoms with van der Waals surface area (Å²) in [6.07, 6.45) is 1.33. The van der Waals surface area contributed by atoms with Crippen molar-refractivity contribution >= 4 is 17.5 Å². The van der Waals surface area contributed by atoms with Gasteiger partial charge in [-0.3, -0.25) is 4.79 Å². The number of carbonyl (C=O) groups is 1. The fraction of sp³-hybridized carbons (Fsp3) is 0.235. The molecule has 1 fully saturated rings. The van der Waals surface area contributed by atoms with Crippen LogP contribution in [0, 0.1) is 11.6 Å². The van der Waals surface area contributed by atoms with Gasteiger partial charge in [0.2, 0.25) is 0 Å². The van der Waals surface area contributed by atoms with Crippen LogP contribution in [0.3, 0.4) is 0 Å². The van der Waals surface area contributed by atoms with Gasteiger partial charge in [0.15, 0.2) is 5.78 Å². The summed E-state index contributed by atoms with van der Waals surface area (Å²) in [5.41, 5.74) is 1.51. The summed E-state index contributed by atoms with van der Waals surface area (Å²) >= 11 is 1.54. The summed E-state index contributed by atoms with van der Waals surface area (Å²) in [5.74, 6) is 0.278. The van der Waals surface area contributed by atoms with E-state index < -0.39 is 4.75 Å². The number of hydrogen-bond acceptors (Lipinski definition) is 2. The van der Waals surface area contributed by atoms with E-state index in [1.807, 2.05) is 0 Å². The first-order valence-corrected chi connectivity index (χ1v) is 7.81. The minimum Gasteiger partial charge on any atom is -0.297 e. The number of halogens is 2. The topological polar surface area (TPSA) is 17.1 Å². The molecule has 1 aliphatic heterocycles. The molecule has 0 saturated carbocycles. The molecule has 2 aromatic carbocycles. The molecule has 21 heavy (non-hydrogen) atoms. The summed E-state index contributed by atoms with van der Waals surface area (Å²) in [7, 11) is 0. The Hall–Kier alpha value is -1.68. The summed E-state index contributed by atoms with van der Waals surface area (Å²) in [6, 6.07) is 12.0. The van der Waals surface area contributed by atoms with Crippen LogP contribution in [0.25, 0.3) is 0 Å². The van der Waals surface area contributed by atoms with Crippen molar-refractivity contribution in [3.05, 3.63) is 71.3 Å². The average molecular weight is 304 g/mol. The van der Waals surface area contributed by atoms with Gasteiger partial charge in [-0.25, -0.2) is 8.78 Å². The van der Waals surface area contributed by atoms with Crippen LogP contribution < -0.4 is 0 Å². The first-order valence-electron chi connectivity index (χ1n) is 6.82. The first kappa shape index (κ1) is 14.3. The zero-order valence-electron chi connectivity index (χ0n) is 11.3. The van der Waals surface area contributed by atoms with E-state index in [0.717, 1.165) is 23.3 Å². The number of hydrogen-bond donors (Lipinski definition) is 0. The molecule has 0 amide bonds. The molecule has 108 valence electrons. The van der Waals surface area contributed by atoms with Crippen molar-refractivity contribution in [2.24, 2.45) is 0 Å². The highest BCUT2D eigenvalue weighted by atomic mass is 32.2. The zero-order valence-corrected chi connectivity index (χ0v) is 12.1. The molecule has 0 atom stereocenters. The molecule has 0 spiro atoms. The van der Waals surface area contributed by atoms with Crippen molar-refractivity contribution in [3.63, 3.8) is 0 Å². The molecule has 1 aliphatic rings. The fourth-order valence-corrected chi connectivity index (χ4v) is 4.20. The molecule has 1 saturated heterocycles. The van der Waals surface area contributed by atoms with Crippen molar-refractivity contribution in [3.8, 4) is 0 Å². The Balaban J connectivity index is 2.17. The smallest absolute Gasteiger partial charge is 0.157 e. The number of ketones is 1. The van der Waals surface area contributed by atoms with E-state index >= 15 is 0 Å². The van der Waals surface area contributed by atoms with Crippen molar-refractivity contribution in [1.29, 1.82) is 0 Å². The summed E-state index contributed by atoms with van der Waals surface area (Å²) in [4.78, 5) is 12.7. The van der Waals surface area contributed by atoms with Gasteiger partial charge in [0.1, 0.15) is 16.4 Å². The Morgan fingerprint density at radius 2 is 1.33 bits per heavy atom. The molecule has 1 heterocycles. The van der Waals surface area contributed by atoms with Gasteiger partial charge in [-0.05, 0) is 47.6 Å². The van der Waals surface area contributed by atoms with Crippen molar-refractivity contribution in [2.45, 2.75) is 17.6 Å². The van der Waals surface area contributed by atoms with Crippen LogP contribution in [0.2, 0.25) is 0 Å². The van der Waals surface area contributed by atoms with Gasteiger partial charge in [0, 0.05) is 6.42 Å². The molecule has 1 nitrogen and oxygen atoms in total. The lowest BCUT2D eigenvalue weighted by atomic mass is 9.84. The maximum Gasteiger partial charge on any atom is 0.157 e. The van der Waals surface area contributed by atoms with Crippen LogP contribution in [0.4, 0.5) is 8.78 Å². The Morgan fingerprint density at radius 1 is 0.857 bits per heavy atom. The molecular weight excluding hydrogens is 290 g/mol. The lowest BCUT2D eigenvalue weighted by molar-refractivity contribution is -0.120. The molecule has 0 unspecified atom stereocenters. The van der Waals surface area contributed by atoms with Crippen LogP contribution in [-0.4, -0.2) is 11.5 Å². The summed E-state index contributed by atoms with van der Waals surface area (Å²) in [6.45, 7) is 0. The molecule has 0 aromatic heterocycles. The average Bonchev–Trinajstić information content (AvgIpc) is 2.50. The van der Waals surface area contributed by atoms with Gasteiger partial charge in [-0.2, -0.15) is 0 Å². The van der Waals surface area contributed by atoms with Crippen molar-refractivity contribution < 1.29 is 13.6 Å². The van der Waals surface area contributed by atoms with Gasteiger partial charge in [0.05, 0.1) is 0 Å². The Bertz CT molecular complexity index is 604. The third kappa shape index (κ3) is 2.48. The van der Waals surface area contributed by atoms with E-state index in [0.29, 0.717) is 6.42 Å². The van der Waals surface area contributed by atoms with E-state index in [-0.39, 0.29) is 17.4 Å². The number of carbonyl (C=O) groups excluding carboxylic acids is 1. The molecule has 0 N–H and O–H groups in total. The van der Waals surface area contributed by atoms with Gasteiger partial charge < -0.3 is 0 Å². The Kier molecular flexibility index (Phi) is 3.81. The molecule has 0 radical (unpaired) electrons. The van der Waals surface area contributed by atoms with E-state index in [4.69, 9.17) is 0 Å². The molecule has 0 bridgehead atoms. The third-order valence-electron chi connectivity index (χ3n) is 3.76. The fourth-order valence-electron chi connectivity index (χ4n) is 2.74. The highest BCUT2D eigenvalue weighted by Gasteiger charge is 2.43. The lowest BCUT2D eigenvalue weighted by Crippen LogP contribution is -2.37. The quantitative estimate of drug-likeness (QED) is 0.822. The number of Topliss-reactive ketones (excluding diaryl/α,β-unsaturated/α-hetero) is 1. The Labute approximate surface area is 126 Å². The van der Waals surface area contributed by atoms with Gasteiger partial charge in [-0.1, -0.05) is 24.3 Å². The molecule has 3 rings (SSSR count). The normalized spacial score (nSPS) is 17.7. The predicted molar refractivity (Wildman–Crippen MR) is 80.3 cm³/mol. The minimum absolute atomic E-state index is 0.0944. The van der Waals surface area contributed by atoms with E-state index in [1.54, 1.807) is 36.0 Å². The maximum absolute atomic E-state index is 13.2. The molecule has 0 aliphatic carbocycles. The molecule has 2 aromatic rings. The second-order valence-electron chi connectivity index (χ2n) is 5.07. The molecular formula is C17H14F2OS. The van der Waals surface area contributed by atoms with Crippen molar-refractivity contribution in [2.75, 3.05) is 5.75 Å². The van der Waals surface area contributed by atoms with Crippen LogP contribution >= 0.6 is 11.8 Å². The highest BCUT2D eigenvalue weighted by molar-refractivity contribution is 8.01. The van der Waals surface area contributed by atoms with Gasteiger partial charge in [0.25, 0.3) is 0 Å². The van der Waals surface area contributed by atoms with E-state index in [1.165, 1.54) is 24.3 Å². The van der Waals surface area contributed by atoms with Gasteiger partial charge >= 0.3 is 0 Å².